The summed E-state index contributed by atoms with van der Waals surface area (Å²) in [5.41, 5.74) is 13.7. The van der Waals surface area contributed by atoms with E-state index in [1.54, 1.807) is 12.3 Å². The van der Waals surface area contributed by atoms with Crippen molar-refractivity contribution in [2.24, 2.45) is 0 Å². The summed E-state index contributed by atoms with van der Waals surface area (Å²) in [5.74, 6) is 0.534. The SMILES string of the molecule is Nc1cc(-c2ccc3occc3c2)nc(N)n1. The van der Waals surface area contributed by atoms with Crippen molar-refractivity contribution in [3.05, 3.63) is 36.6 Å². The van der Waals surface area contributed by atoms with Crippen LogP contribution in [0, 0.1) is 0 Å². The molecule has 0 saturated heterocycles. The van der Waals surface area contributed by atoms with Crippen LogP contribution in [-0.2, 0) is 0 Å². The third-order valence-corrected chi connectivity index (χ3v) is 2.51. The van der Waals surface area contributed by atoms with E-state index < -0.39 is 0 Å². The molecule has 0 aliphatic rings. The molecule has 84 valence electrons. The van der Waals surface area contributed by atoms with Gasteiger partial charge in [-0.1, -0.05) is 0 Å². The largest absolute Gasteiger partial charge is 0.464 e. The molecule has 0 aliphatic carbocycles. The maximum atomic E-state index is 5.64. The van der Waals surface area contributed by atoms with Gasteiger partial charge in [-0.05, 0) is 24.3 Å². The number of fused-ring (bicyclic) bond motifs is 1. The normalized spacial score (nSPS) is 10.8. The molecule has 17 heavy (non-hydrogen) atoms. The second-order valence-electron chi connectivity index (χ2n) is 3.71. The highest BCUT2D eigenvalue weighted by Gasteiger charge is 2.05. The minimum atomic E-state index is 0.173. The highest BCUT2D eigenvalue weighted by Crippen LogP contribution is 2.24. The van der Waals surface area contributed by atoms with E-state index in [4.69, 9.17) is 15.9 Å². The van der Waals surface area contributed by atoms with Crippen LogP contribution in [0.2, 0.25) is 0 Å². The van der Waals surface area contributed by atoms with E-state index in [2.05, 4.69) is 9.97 Å². The maximum Gasteiger partial charge on any atom is 0.222 e. The molecule has 0 spiro atoms. The lowest BCUT2D eigenvalue weighted by molar-refractivity contribution is 0.616. The first-order valence-electron chi connectivity index (χ1n) is 5.10. The second kappa shape index (κ2) is 3.48. The third-order valence-electron chi connectivity index (χ3n) is 2.51. The van der Waals surface area contributed by atoms with Crippen LogP contribution in [0.4, 0.5) is 11.8 Å². The highest BCUT2D eigenvalue weighted by atomic mass is 16.3. The highest BCUT2D eigenvalue weighted by molar-refractivity contribution is 5.83. The summed E-state index contributed by atoms with van der Waals surface area (Å²) in [7, 11) is 0. The average Bonchev–Trinajstić information content (AvgIpc) is 2.74. The van der Waals surface area contributed by atoms with Gasteiger partial charge in [0.15, 0.2) is 0 Å². The number of furan rings is 1. The Hall–Kier alpha value is -2.56. The number of rotatable bonds is 1. The second-order valence-corrected chi connectivity index (χ2v) is 3.71. The van der Waals surface area contributed by atoms with Crippen molar-refractivity contribution >= 4 is 22.7 Å². The fourth-order valence-electron chi connectivity index (χ4n) is 1.76. The van der Waals surface area contributed by atoms with Crippen molar-refractivity contribution in [1.82, 2.24) is 9.97 Å². The summed E-state index contributed by atoms with van der Waals surface area (Å²) in [6.45, 7) is 0. The molecule has 0 aliphatic heterocycles. The van der Waals surface area contributed by atoms with Crippen LogP contribution in [0.5, 0.6) is 0 Å². The van der Waals surface area contributed by atoms with Gasteiger partial charge in [-0.2, -0.15) is 4.98 Å². The molecule has 2 heterocycles. The predicted octanol–water partition coefficient (Wildman–Crippen LogP) is 2.05. The quantitative estimate of drug-likeness (QED) is 0.662. The minimum absolute atomic E-state index is 0.173. The molecule has 3 rings (SSSR count). The summed E-state index contributed by atoms with van der Waals surface area (Å²) in [5, 5.41) is 1.01. The van der Waals surface area contributed by atoms with Gasteiger partial charge in [0.05, 0.1) is 12.0 Å². The average molecular weight is 226 g/mol. The topological polar surface area (TPSA) is 91.0 Å². The standard InChI is InChI=1S/C12H10N4O/c13-11-6-9(15-12(14)16-11)7-1-2-10-8(5-7)3-4-17-10/h1-6H,(H4,13,14,15,16). The van der Waals surface area contributed by atoms with Gasteiger partial charge < -0.3 is 15.9 Å². The fraction of sp³-hybridized carbons (Fsp3) is 0. The Morgan fingerprint density at radius 3 is 2.71 bits per heavy atom. The Balaban J connectivity index is 2.19. The van der Waals surface area contributed by atoms with Gasteiger partial charge in [0.1, 0.15) is 11.4 Å². The third kappa shape index (κ3) is 1.67. The van der Waals surface area contributed by atoms with Gasteiger partial charge in [-0.15, -0.1) is 0 Å². The summed E-state index contributed by atoms with van der Waals surface area (Å²) < 4.78 is 5.27. The molecular weight excluding hydrogens is 216 g/mol. The molecule has 0 unspecified atom stereocenters. The van der Waals surface area contributed by atoms with Crippen molar-refractivity contribution in [2.75, 3.05) is 11.5 Å². The van der Waals surface area contributed by atoms with Crippen LogP contribution < -0.4 is 11.5 Å². The van der Waals surface area contributed by atoms with Crippen molar-refractivity contribution < 1.29 is 4.42 Å². The van der Waals surface area contributed by atoms with Crippen LogP contribution in [-0.4, -0.2) is 9.97 Å². The van der Waals surface area contributed by atoms with Gasteiger partial charge in [0, 0.05) is 17.0 Å². The molecule has 5 nitrogen and oxygen atoms in total. The molecule has 0 amide bonds. The molecule has 0 saturated carbocycles. The summed E-state index contributed by atoms with van der Waals surface area (Å²) in [6, 6.07) is 9.36. The van der Waals surface area contributed by atoms with E-state index in [-0.39, 0.29) is 5.95 Å². The number of hydrogen-bond acceptors (Lipinski definition) is 5. The first-order chi connectivity index (χ1) is 8.22. The molecule has 4 N–H and O–H groups in total. The molecule has 3 aromatic rings. The number of nitrogens with two attached hydrogens (primary N) is 2. The first kappa shape index (κ1) is 9.65. The Kier molecular flexibility index (Phi) is 1.98. The summed E-state index contributed by atoms with van der Waals surface area (Å²) in [6.07, 6.45) is 1.65. The molecule has 2 aromatic heterocycles. The predicted molar refractivity (Wildman–Crippen MR) is 66.1 cm³/mol. The van der Waals surface area contributed by atoms with E-state index >= 15 is 0 Å². The molecular formula is C12H10N4O. The van der Waals surface area contributed by atoms with Crippen LogP contribution in [0.25, 0.3) is 22.2 Å². The maximum absolute atomic E-state index is 5.64. The van der Waals surface area contributed by atoms with Crippen molar-refractivity contribution in [1.29, 1.82) is 0 Å². The Morgan fingerprint density at radius 2 is 1.88 bits per heavy atom. The molecule has 0 fully saturated rings. The molecule has 0 atom stereocenters. The summed E-state index contributed by atoms with van der Waals surface area (Å²) >= 11 is 0. The lowest BCUT2D eigenvalue weighted by Crippen LogP contribution is -2.00. The van der Waals surface area contributed by atoms with E-state index in [0.717, 1.165) is 16.5 Å². The number of hydrogen-bond donors (Lipinski definition) is 2. The smallest absolute Gasteiger partial charge is 0.222 e. The Bertz CT molecular complexity index is 670. The van der Waals surface area contributed by atoms with E-state index in [9.17, 15) is 0 Å². The monoisotopic (exact) mass is 226 g/mol. The molecule has 5 heteroatoms. The summed E-state index contributed by atoms with van der Waals surface area (Å²) in [4.78, 5) is 7.99. The van der Waals surface area contributed by atoms with Crippen molar-refractivity contribution in [2.45, 2.75) is 0 Å². The minimum Gasteiger partial charge on any atom is -0.464 e. The van der Waals surface area contributed by atoms with Crippen LogP contribution in [0.1, 0.15) is 0 Å². The van der Waals surface area contributed by atoms with Gasteiger partial charge >= 0.3 is 0 Å². The van der Waals surface area contributed by atoms with E-state index in [1.807, 2.05) is 24.3 Å². The number of aromatic nitrogens is 2. The van der Waals surface area contributed by atoms with E-state index in [1.165, 1.54) is 0 Å². The number of anilines is 2. The van der Waals surface area contributed by atoms with Crippen molar-refractivity contribution in [3.8, 4) is 11.3 Å². The number of nitrogens with zero attached hydrogens (tertiary/aromatic N) is 2. The molecule has 1 aromatic carbocycles. The molecule has 0 bridgehead atoms. The lowest BCUT2D eigenvalue weighted by Gasteiger charge is -2.03. The van der Waals surface area contributed by atoms with Gasteiger partial charge in [0.2, 0.25) is 5.95 Å². The van der Waals surface area contributed by atoms with Crippen LogP contribution in [0.3, 0.4) is 0 Å². The zero-order valence-electron chi connectivity index (χ0n) is 8.92. The van der Waals surface area contributed by atoms with Crippen molar-refractivity contribution in [3.63, 3.8) is 0 Å². The zero-order chi connectivity index (χ0) is 11.8. The number of nitrogen functional groups attached to an aromatic ring is 2. The lowest BCUT2D eigenvalue weighted by atomic mass is 10.1. The van der Waals surface area contributed by atoms with E-state index in [0.29, 0.717) is 11.5 Å². The first-order valence-corrected chi connectivity index (χ1v) is 5.10. The zero-order valence-corrected chi connectivity index (χ0v) is 8.92. The van der Waals surface area contributed by atoms with Crippen LogP contribution >= 0.6 is 0 Å². The Morgan fingerprint density at radius 1 is 1.00 bits per heavy atom. The van der Waals surface area contributed by atoms with Gasteiger partial charge in [-0.3, -0.25) is 0 Å². The number of benzene rings is 1. The van der Waals surface area contributed by atoms with Crippen LogP contribution in [0.15, 0.2) is 41.0 Å². The van der Waals surface area contributed by atoms with Gasteiger partial charge in [-0.25, -0.2) is 4.98 Å². The molecule has 0 radical (unpaired) electrons. The fourth-order valence-corrected chi connectivity index (χ4v) is 1.76. The van der Waals surface area contributed by atoms with Gasteiger partial charge in [0.25, 0.3) is 0 Å². The Labute approximate surface area is 97.1 Å².